The Kier molecular flexibility index (Phi) is 1.57. The zero-order chi connectivity index (χ0) is 7.84. The molecule has 2 nitrogen and oxygen atoms in total. The quantitative estimate of drug-likeness (QED) is 0.602. The molecule has 0 amide bonds. The fraction of sp³-hybridized carbons (Fsp3) is 0.500. The molecular weight excluding hydrogens is 160 g/mol. The zero-order valence-corrected chi connectivity index (χ0v) is 7.10. The Morgan fingerprint density at radius 3 is 2.73 bits per heavy atom. The van der Waals surface area contributed by atoms with Crippen molar-refractivity contribution in [2.45, 2.75) is 25.7 Å². The molecule has 0 aromatic carbocycles. The van der Waals surface area contributed by atoms with E-state index in [0.717, 1.165) is 11.5 Å². The lowest BCUT2D eigenvalue weighted by Crippen LogP contribution is -1.93. The molecule has 3 heteroatoms. The molecular formula is C8H9ClN2. The minimum atomic E-state index is 0.569. The summed E-state index contributed by atoms with van der Waals surface area (Å²) in [6, 6.07) is 1.87. The molecule has 1 saturated carbocycles. The number of hydrogen-bond acceptors (Lipinski definition) is 2. The lowest BCUT2D eigenvalue weighted by Gasteiger charge is -1.98. The maximum Gasteiger partial charge on any atom is 0.133 e. The summed E-state index contributed by atoms with van der Waals surface area (Å²) in [5, 5.41) is 0.569. The van der Waals surface area contributed by atoms with Crippen LogP contribution in [0.25, 0.3) is 0 Å². The summed E-state index contributed by atoms with van der Waals surface area (Å²) >= 11 is 5.77. The predicted octanol–water partition coefficient (Wildman–Crippen LogP) is 2.32. The Morgan fingerprint density at radius 1 is 1.45 bits per heavy atom. The molecule has 58 valence electrons. The van der Waals surface area contributed by atoms with Crippen LogP contribution in [0, 0.1) is 6.92 Å². The van der Waals surface area contributed by atoms with Gasteiger partial charge in [0.15, 0.2) is 0 Å². The average Bonchev–Trinajstić information content (AvgIpc) is 2.64. The smallest absolute Gasteiger partial charge is 0.133 e. The first-order chi connectivity index (χ1) is 5.25. The number of aromatic nitrogens is 2. The second-order valence-corrected chi connectivity index (χ2v) is 3.32. The summed E-state index contributed by atoms with van der Waals surface area (Å²) in [6.07, 6.45) is 2.51. The van der Waals surface area contributed by atoms with Crippen LogP contribution in [-0.4, -0.2) is 9.97 Å². The molecule has 0 N–H and O–H groups in total. The van der Waals surface area contributed by atoms with Gasteiger partial charge in [0.05, 0.1) is 0 Å². The van der Waals surface area contributed by atoms with Crippen molar-refractivity contribution < 1.29 is 0 Å². The molecule has 0 atom stereocenters. The summed E-state index contributed by atoms with van der Waals surface area (Å²) in [4.78, 5) is 8.30. The van der Waals surface area contributed by atoms with Gasteiger partial charge in [0, 0.05) is 11.6 Å². The number of halogens is 1. The van der Waals surface area contributed by atoms with E-state index in [4.69, 9.17) is 11.6 Å². The van der Waals surface area contributed by atoms with Crippen molar-refractivity contribution >= 4 is 11.6 Å². The minimum absolute atomic E-state index is 0.569. The molecule has 1 fully saturated rings. The van der Waals surface area contributed by atoms with E-state index < -0.39 is 0 Å². The number of rotatable bonds is 1. The highest BCUT2D eigenvalue weighted by atomic mass is 35.5. The molecule has 0 radical (unpaired) electrons. The van der Waals surface area contributed by atoms with Crippen LogP contribution in [0.4, 0.5) is 0 Å². The van der Waals surface area contributed by atoms with Gasteiger partial charge in [-0.1, -0.05) is 11.6 Å². The van der Waals surface area contributed by atoms with Crippen LogP contribution in [0.1, 0.15) is 30.3 Å². The highest BCUT2D eigenvalue weighted by Crippen LogP contribution is 2.39. The van der Waals surface area contributed by atoms with Gasteiger partial charge >= 0.3 is 0 Å². The summed E-state index contributed by atoms with van der Waals surface area (Å²) in [6.45, 7) is 1.87. The Bertz CT molecular complexity index is 261. The van der Waals surface area contributed by atoms with Crippen molar-refractivity contribution in [2.75, 3.05) is 0 Å². The van der Waals surface area contributed by atoms with Crippen LogP contribution in [0.15, 0.2) is 6.07 Å². The molecule has 1 aliphatic rings. The highest BCUT2D eigenvalue weighted by molar-refractivity contribution is 6.29. The molecule has 0 saturated heterocycles. The van der Waals surface area contributed by atoms with E-state index in [9.17, 15) is 0 Å². The van der Waals surface area contributed by atoms with E-state index >= 15 is 0 Å². The lowest BCUT2D eigenvalue weighted by atomic mass is 10.3. The molecule has 1 aromatic rings. The van der Waals surface area contributed by atoms with Gasteiger partial charge in [-0.2, -0.15) is 0 Å². The van der Waals surface area contributed by atoms with Crippen molar-refractivity contribution in [2.24, 2.45) is 0 Å². The van der Waals surface area contributed by atoms with Gasteiger partial charge in [-0.05, 0) is 25.8 Å². The molecule has 0 unspecified atom stereocenters. The molecule has 1 heterocycles. The number of nitrogens with zero attached hydrogens (tertiary/aromatic N) is 2. The van der Waals surface area contributed by atoms with E-state index in [1.54, 1.807) is 0 Å². The summed E-state index contributed by atoms with van der Waals surface area (Å²) in [5.41, 5.74) is 1.11. The van der Waals surface area contributed by atoms with Crippen LogP contribution in [-0.2, 0) is 0 Å². The fourth-order valence-electron chi connectivity index (χ4n) is 1.14. The molecule has 0 spiro atoms. The third-order valence-electron chi connectivity index (χ3n) is 1.82. The summed E-state index contributed by atoms with van der Waals surface area (Å²) in [7, 11) is 0. The lowest BCUT2D eigenvalue weighted by molar-refractivity contribution is 0.941. The monoisotopic (exact) mass is 168 g/mol. The van der Waals surface area contributed by atoms with Crippen LogP contribution >= 0.6 is 11.6 Å². The van der Waals surface area contributed by atoms with E-state index in [-0.39, 0.29) is 0 Å². The van der Waals surface area contributed by atoms with E-state index in [1.807, 2.05) is 13.0 Å². The van der Waals surface area contributed by atoms with Crippen LogP contribution in [0.5, 0.6) is 0 Å². The first-order valence-electron chi connectivity index (χ1n) is 3.77. The van der Waals surface area contributed by atoms with Crippen LogP contribution in [0.2, 0.25) is 5.15 Å². The van der Waals surface area contributed by atoms with E-state index in [1.165, 1.54) is 12.8 Å². The van der Waals surface area contributed by atoms with Crippen molar-refractivity contribution in [1.82, 2.24) is 9.97 Å². The maximum atomic E-state index is 5.77. The summed E-state index contributed by atoms with van der Waals surface area (Å²) in [5.74, 6) is 1.44. The highest BCUT2D eigenvalue weighted by Gasteiger charge is 2.25. The number of hydrogen-bond donors (Lipinski definition) is 0. The first kappa shape index (κ1) is 7.04. The van der Waals surface area contributed by atoms with Crippen molar-refractivity contribution in [3.05, 3.63) is 22.7 Å². The standard InChI is InChI=1S/C8H9ClN2/c1-5-10-7(6-2-3-6)4-8(9)11-5/h4,6H,2-3H2,1H3. The van der Waals surface area contributed by atoms with E-state index in [0.29, 0.717) is 11.1 Å². The molecule has 0 bridgehead atoms. The Hall–Kier alpha value is -0.630. The number of aryl methyl sites for hydroxylation is 1. The second kappa shape index (κ2) is 2.45. The average molecular weight is 169 g/mol. The molecule has 1 aromatic heterocycles. The Balaban J connectivity index is 2.39. The zero-order valence-electron chi connectivity index (χ0n) is 6.34. The van der Waals surface area contributed by atoms with E-state index in [2.05, 4.69) is 9.97 Å². The molecule has 11 heavy (non-hydrogen) atoms. The minimum Gasteiger partial charge on any atom is -0.238 e. The van der Waals surface area contributed by atoms with Crippen molar-refractivity contribution in [1.29, 1.82) is 0 Å². The molecule has 0 aliphatic heterocycles. The Labute approximate surface area is 70.6 Å². The predicted molar refractivity (Wildman–Crippen MR) is 43.8 cm³/mol. The molecule has 1 aliphatic carbocycles. The topological polar surface area (TPSA) is 25.8 Å². The normalized spacial score (nSPS) is 16.9. The summed E-state index contributed by atoms with van der Waals surface area (Å²) < 4.78 is 0. The largest absolute Gasteiger partial charge is 0.238 e. The van der Waals surface area contributed by atoms with Gasteiger partial charge in [0.2, 0.25) is 0 Å². The first-order valence-corrected chi connectivity index (χ1v) is 4.14. The SMILES string of the molecule is Cc1nc(Cl)cc(C2CC2)n1. The van der Waals surface area contributed by atoms with Gasteiger partial charge in [0.25, 0.3) is 0 Å². The van der Waals surface area contributed by atoms with Gasteiger partial charge in [0.1, 0.15) is 11.0 Å². The third kappa shape index (κ3) is 1.51. The molecule has 2 rings (SSSR count). The third-order valence-corrected chi connectivity index (χ3v) is 2.02. The van der Waals surface area contributed by atoms with Gasteiger partial charge in [-0.3, -0.25) is 0 Å². The van der Waals surface area contributed by atoms with Gasteiger partial charge < -0.3 is 0 Å². The van der Waals surface area contributed by atoms with Crippen LogP contribution < -0.4 is 0 Å². The van der Waals surface area contributed by atoms with Gasteiger partial charge in [-0.15, -0.1) is 0 Å². The second-order valence-electron chi connectivity index (χ2n) is 2.94. The van der Waals surface area contributed by atoms with Crippen molar-refractivity contribution in [3.63, 3.8) is 0 Å². The Morgan fingerprint density at radius 2 is 2.18 bits per heavy atom. The fourth-order valence-corrected chi connectivity index (χ4v) is 1.38. The van der Waals surface area contributed by atoms with Crippen molar-refractivity contribution in [3.8, 4) is 0 Å². The maximum absolute atomic E-state index is 5.77. The van der Waals surface area contributed by atoms with Gasteiger partial charge in [-0.25, -0.2) is 9.97 Å². The van der Waals surface area contributed by atoms with Crippen LogP contribution in [0.3, 0.4) is 0 Å².